The van der Waals surface area contributed by atoms with Gasteiger partial charge in [-0.15, -0.1) is 11.8 Å². The monoisotopic (exact) mass is 506 g/mol. The van der Waals surface area contributed by atoms with Crippen molar-refractivity contribution in [3.8, 4) is 5.75 Å². The van der Waals surface area contributed by atoms with E-state index in [-0.39, 0.29) is 12.0 Å². The third-order valence-corrected chi connectivity index (χ3v) is 8.88. The molecule has 0 saturated carbocycles. The number of nitrogens with zero attached hydrogens (tertiary/aromatic N) is 2. The van der Waals surface area contributed by atoms with Crippen molar-refractivity contribution in [3.63, 3.8) is 0 Å². The Hall–Kier alpha value is -1.35. The average Bonchev–Trinajstić information content (AvgIpc) is 3.36. The number of piperidine rings is 1. The number of halogens is 1. The molecule has 1 aliphatic heterocycles. The predicted octanol–water partition coefficient (Wildman–Crippen LogP) is 5.64. The highest BCUT2D eigenvalue weighted by Gasteiger charge is 2.34. The van der Waals surface area contributed by atoms with Gasteiger partial charge in [-0.25, -0.2) is 0 Å². The van der Waals surface area contributed by atoms with Crippen molar-refractivity contribution in [1.82, 2.24) is 9.88 Å². The Kier molecular flexibility index (Phi) is 8.54. The van der Waals surface area contributed by atoms with E-state index in [4.69, 9.17) is 16.3 Å². The summed E-state index contributed by atoms with van der Waals surface area (Å²) in [6, 6.07) is 7.78. The number of methoxy groups -OCH3 is 1. The maximum absolute atomic E-state index is 11.1. The van der Waals surface area contributed by atoms with E-state index in [0.29, 0.717) is 22.8 Å². The van der Waals surface area contributed by atoms with Gasteiger partial charge in [-0.05, 0) is 73.8 Å². The number of pyridine rings is 1. The number of aliphatic hydroxyl groups is 2. The van der Waals surface area contributed by atoms with Crippen LogP contribution in [-0.2, 0) is 0 Å². The molecule has 0 radical (unpaired) electrons. The fraction of sp³-hybridized carbons (Fsp3) is 0.480. The number of rotatable bonds is 10. The summed E-state index contributed by atoms with van der Waals surface area (Å²) in [7, 11) is 1.62. The number of fused-ring (bicyclic) bond motifs is 1. The summed E-state index contributed by atoms with van der Waals surface area (Å²) >= 11 is 10.1. The van der Waals surface area contributed by atoms with Crippen molar-refractivity contribution in [2.45, 2.75) is 36.7 Å². The Morgan fingerprint density at radius 2 is 2.12 bits per heavy atom. The molecule has 1 atom stereocenters. The van der Waals surface area contributed by atoms with Gasteiger partial charge in [-0.1, -0.05) is 11.6 Å². The molecule has 2 N–H and O–H groups in total. The maximum Gasteiger partial charge on any atom is 0.119 e. The molecule has 8 heteroatoms. The Balaban J connectivity index is 1.35. The van der Waals surface area contributed by atoms with Gasteiger partial charge in [0.2, 0.25) is 0 Å². The van der Waals surface area contributed by atoms with E-state index in [1.807, 2.05) is 30.0 Å². The normalized spacial score (nSPS) is 17.3. The van der Waals surface area contributed by atoms with Crippen LogP contribution in [0.5, 0.6) is 5.75 Å². The molecule has 4 rings (SSSR count). The second-order valence-corrected chi connectivity index (χ2v) is 11.1. The van der Waals surface area contributed by atoms with Crippen LogP contribution in [0.25, 0.3) is 10.9 Å². The minimum atomic E-state index is -0.724. The molecule has 1 fully saturated rings. The Labute approximate surface area is 208 Å². The predicted molar refractivity (Wildman–Crippen MR) is 138 cm³/mol. The van der Waals surface area contributed by atoms with Gasteiger partial charge >= 0.3 is 0 Å². The summed E-state index contributed by atoms with van der Waals surface area (Å²) in [5.41, 5.74) is 1.32. The molecule has 1 saturated heterocycles. The first-order valence-electron chi connectivity index (χ1n) is 11.3. The number of aromatic nitrogens is 1. The van der Waals surface area contributed by atoms with E-state index in [1.165, 1.54) is 4.90 Å². The smallest absolute Gasteiger partial charge is 0.119 e. The van der Waals surface area contributed by atoms with Crippen LogP contribution >= 0.6 is 34.7 Å². The molecule has 178 valence electrons. The van der Waals surface area contributed by atoms with Crippen LogP contribution in [0.1, 0.15) is 37.4 Å². The molecule has 2 aromatic heterocycles. The molecule has 0 amide bonds. The number of thioether (sulfide) groups is 1. The largest absolute Gasteiger partial charge is 0.497 e. The van der Waals surface area contributed by atoms with Crippen LogP contribution in [0.15, 0.2) is 46.1 Å². The first kappa shape index (κ1) is 24.8. The van der Waals surface area contributed by atoms with Crippen LogP contribution in [0.3, 0.4) is 0 Å². The quantitative estimate of drug-likeness (QED) is 0.347. The minimum Gasteiger partial charge on any atom is -0.497 e. The first-order valence-corrected chi connectivity index (χ1v) is 13.6. The van der Waals surface area contributed by atoms with E-state index >= 15 is 0 Å². The van der Waals surface area contributed by atoms with Gasteiger partial charge in [0.25, 0.3) is 0 Å². The van der Waals surface area contributed by atoms with Gasteiger partial charge in [0.15, 0.2) is 0 Å². The van der Waals surface area contributed by atoms with E-state index in [9.17, 15) is 10.2 Å². The van der Waals surface area contributed by atoms with Crippen LogP contribution in [0, 0.1) is 5.41 Å². The van der Waals surface area contributed by atoms with E-state index < -0.39 is 6.10 Å². The highest BCUT2D eigenvalue weighted by Crippen LogP contribution is 2.40. The lowest BCUT2D eigenvalue weighted by Gasteiger charge is -2.41. The molecule has 3 aromatic rings. The number of benzene rings is 1. The van der Waals surface area contributed by atoms with Crippen LogP contribution in [-0.4, -0.2) is 59.2 Å². The average molecular weight is 507 g/mol. The first-order chi connectivity index (χ1) is 16.0. The zero-order chi connectivity index (χ0) is 23.3. The molecule has 33 heavy (non-hydrogen) atoms. The highest BCUT2D eigenvalue weighted by atomic mass is 35.5. The lowest BCUT2D eigenvalue weighted by Crippen LogP contribution is -2.43. The molecule has 1 aromatic carbocycles. The lowest BCUT2D eigenvalue weighted by atomic mass is 9.74. The fourth-order valence-electron chi connectivity index (χ4n) is 4.59. The lowest BCUT2D eigenvalue weighted by molar-refractivity contribution is 0.0254. The van der Waals surface area contributed by atoms with Crippen molar-refractivity contribution in [2.75, 3.05) is 39.1 Å². The van der Waals surface area contributed by atoms with Gasteiger partial charge in [0.1, 0.15) is 5.75 Å². The number of likely N-dealkylation sites (tertiary alicyclic amines) is 1. The molecular formula is C25H31ClN2O3S2. The summed E-state index contributed by atoms with van der Waals surface area (Å²) in [6.45, 7) is 3.18. The van der Waals surface area contributed by atoms with Crippen LogP contribution in [0.4, 0.5) is 0 Å². The number of aliphatic hydroxyl groups excluding tert-OH is 2. The second-order valence-electron chi connectivity index (χ2n) is 8.76. The Morgan fingerprint density at radius 3 is 2.82 bits per heavy atom. The number of hydrogen-bond donors (Lipinski definition) is 2. The molecule has 5 nitrogen and oxygen atoms in total. The summed E-state index contributed by atoms with van der Waals surface area (Å²) in [5, 5.41) is 26.9. The SMILES string of the molecule is COc1ccc2ncc(Cl)c(C(O)CCC3(CO)CCN(CCSc4ccsc4)CC3)c2c1. The Morgan fingerprint density at radius 1 is 1.30 bits per heavy atom. The van der Waals surface area contributed by atoms with Crippen molar-refractivity contribution >= 4 is 45.6 Å². The highest BCUT2D eigenvalue weighted by molar-refractivity contribution is 7.99. The standard InChI is InChI=1S/C25H31ClN2O3S2/c1-31-18-2-3-22-20(14-18)24(21(26)15-27-22)23(30)4-6-25(17-29)7-9-28(10-8-25)11-13-33-19-5-12-32-16-19/h2-3,5,12,14-16,23,29-30H,4,6-11,13,17H2,1H3. The van der Waals surface area contributed by atoms with Gasteiger partial charge < -0.3 is 19.8 Å². The van der Waals surface area contributed by atoms with Crippen molar-refractivity contribution in [1.29, 1.82) is 0 Å². The van der Waals surface area contributed by atoms with Crippen LogP contribution < -0.4 is 4.74 Å². The summed E-state index contributed by atoms with van der Waals surface area (Å²) < 4.78 is 5.35. The van der Waals surface area contributed by atoms with Crippen LogP contribution in [0.2, 0.25) is 5.02 Å². The third kappa shape index (κ3) is 6.02. The van der Waals surface area contributed by atoms with E-state index in [1.54, 1.807) is 24.6 Å². The molecule has 0 aliphatic carbocycles. The molecule has 1 unspecified atom stereocenters. The molecular weight excluding hydrogens is 476 g/mol. The summed E-state index contributed by atoms with van der Waals surface area (Å²) in [5.74, 6) is 1.79. The Bertz CT molecular complexity index is 1040. The van der Waals surface area contributed by atoms with Gasteiger partial charge in [0.05, 0.1) is 23.8 Å². The molecule has 0 bridgehead atoms. The second kappa shape index (κ2) is 11.4. The van der Waals surface area contributed by atoms with Crippen molar-refractivity contribution in [2.24, 2.45) is 5.41 Å². The molecule has 1 aliphatic rings. The molecule has 0 spiro atoms. The summed E-state index contributed by atoms with van der Waals surface area (Å²) in [6.07, 6.45) is 4.06. The maximum atomic E-state index is 11.1. The van der Waals surface area contributed by atoms with E-state index in [0.717, 1.165) is 55.6 Å². The number of thiophene rings is 1. The van der Waals surface area contributed by atoms with Gasteiger partial charge in [-0.2, -0.15) is 11.3 Å². The molecule has 3 heterocycles. The zero-order valence-electron chi connectivity index (χ0n) is 18.9. The van der Waals surface area contributed by atoms with Gasteiger partial charge in [-0.3, -0.25) is 4.98 Å². The zero-order valence-corrected chi connectivity index (χ0v) is 21.3. The topological polar surface area (TPSA) is 65.8 Å². The van der Waals surface area contributed by atoms with Gasteiger partial charge in [0, 0.05) is 46.3 Å². The van der Waals surface area contributed by atoms with E-state index in [2.05, 4.69) is 26.7 Å². The number of hydrogen-bond acceptors (Lipinski definition) is 7. The number of ether oxygens (including phenoxy) is 1. The van der Waals surface area contributed by atoms with Crippen molar-refractivity contribution < 1.29 is 14.9 Å². The third-order valence-electron chi connectivity index (χ3n) is 6.77. The van der Waals surface area contributed by atoms with Crippen molar-refractivity contribution in [3.05, 3.63) is 51.8 Å². The fourth-order valence-corrected chi connectivity index (χ4v) is 6.65. The summed E-state index contributed by atoms with van der Waals surface area (Å²) in [4.78, 5) is 8.22. The minimum absolute atomic E-state index is 0.148.